The molecule has 0 radical (unpaired) electrons. The van der Waals surface area contributed by atoms with Crippen molar-refractivity contribution in [1.29, 1.82) is 5.26 Å². The van der Waals surface area contributed by atoms with Crippen molar-refractivity contribution in [3.63, 3.8) is 0 Å². The molecule has 2 saturated carbocycles. The maximum Gasteiger partial charge on any atom is 0.0991 e. The summed E-state index contributed by atoms with van der Waals surface area (Å²) in [7, 11) is 0. The van der Waals surface area contributed by atoms with Crippen molar-refractivity contribution >= 4 is 0 Å². The van der Waals surface area contributed by atoms with Crippen molar-refractivity contribution in [2.75, 3.05) is 0 Å². The van der Waals surface area contributed by atoms with Crippen LogP contribution in [0.25, 0.3) is 0 Å². The number of nitrogens with zero attached hydrogens (tertiary/aromatic N) is 1. The van der Waals surface area contributed by atoms with Gasteiger partial charge in [0.15, 0.2) is 0 Å². The highest BCUT2D eigenvalue weighted by Crippen LogP contribution is 2.67. The Hall–Kier alpha value is -2.85. The molecule has 1 heteroatoms. The average molecular weight is 390 g/mol. The Kier molecular flexibility index (Phi) is 3.94. The second-order valence-electron chi connectivity index (χ2n) is 9.54. The fourth-order valence-electron chi connectivity index (χ4n) is 7.69. The van der Waals surface area contributed by atoms with Crippen LogP contribution in [0.5, 0.6) is 0 Å². The minimum atomic E-state index is 0.0951. The second-order valence-corrected chi connectivity index (χ2v) is 9.54. The number of rotatable bonds is 2. The van der Waals surface area contributed by atoms with Gasteiger partial charge >= 0.3 is 0 Å². The van der Waals surface area contributed by atoms with Crippen molar-refractivity contribution < 1.29 is 0 Å². The highest BCUT2D eigenvalue weighted by Gasteiger charge is 2.62. The first-order valence-corrected chi connectivity index (χ1v) is 11.5. The SMILES string of the molecule is N#Cc1ccc([C@@]23CCC[C@@H]2[C@H]2CCC[C@@]2(c2ccccc2)c2ccccc23)cc1. The zero-order valence-corrected chi connectivity index (χ0v) is 17.4. The number of benzene rings is 3. The van der Waals surface area contributed by atoms with Crippen LogP contribution in [-0.4, -0.2) is 0 Å². The molecule has 0 heterocycles. The van der Waals surface area contributed by atoms with Crippen LogP contribution in [0.15, 0.2) is 78.9 Å². The highest BCUT2D eigenvalue weighted by atomic mass is 14.6. The maximum atomic E-state index is 9.32. The van der Waals surface area contributed by atoms with Crippen LogP contribution in [-0.2, 0) is 10.8 Å². The van der Waals surface area contributed by atoms with Gasteiger partial charge in [-0.1, -0.05) is 79.6 Å². The normalized spacial score (nSPS) is 31.4. The summed E-state index contributed by atoms with van der Waals surface area (Å²) < 4.78 is 0. The van der Waals surface area contributed by atoms with Gasteiger partial charge in [-0.2, -0.15) is 5.26 Å². The molecule has 148 valence electrons. The number of hydrogen-bond acceptors (Lipinski definition) is 1. The van der Waals surface area contributed by atoms with Crippen molar-refractivity contribution in [1.82, 2.24) is 0 Å². The smallest absolute Gasteiger partial charge is 0.0991 e. The summed E-state index contributed by atoms with van der Waals surface area (Å²) in [6, 6.07) is 31.5. The van der Waals surface area contributed by atoms with Gasteiger partial charge in [0.25, 0.3) is 0 Å². The quantitative estimate of drug-likeness (QED) is 0.476. The van der Waals surface area contributed by atoms with Crippen LogP contribution in [0.1, 0.15) is 66.3 Å². The Labute approximate surface area is 179 Å². The predicted molar refractivity (Wildman–Crippen MR) is 120 cm³/mol. The molecule has 3 aliphatic carbocycles. The van der Waals surface area contributed by atoms with Gasteiger partial charge < -0.3 is 0 Å². The Balaban J connectivity index is 1.65. The lowest BCUT2D eigenvalue weighted by Gasteiger charge is -2.54. The van der Waals surface area contributed by atoms with E-state index in [2.05, 4.69) is 72.8 Å². The van der Waals surface area contributed by atoms with Gasteiger partial charge in [-0.3, -0.25) is 0 Å². The lowest BCUT2D eigenvalue weighted by atomic mass is 9.49. The third kappa shape index (κ3) is 2.17. The fraction of sp³-hybridized carbons (Fsp3) is 0.345. The van der Waals surface area contributed by atoms with E-state index in [0.29, 0.717) is 11.8 Å². The molecule has 0 bridgehead atoms. The second kappa shape index (κ2) is 6.58. The van der Waals surface area contributed by atoms with E-state index in [1.54, 1.807) is 11.1 Å². The first-order chi connectivity index (χ1) is 14.8. The summed E-state index contributed by atoms with van der Waals surface area (Å²) in [5.74, 6) is 1.36. The van der Waals surface area contributed by atoms with E-state index >= 15 is 0 Å². The van der Waals surface area contributed by atoms with Gasteiger partial charge in [0.2, 0.25) is 0 Å². The molecule has 1 nitrogen and oxygen atoms in total. The van der Waals surface area contributed by atoms with E-state index in [0.717, 1.165) is 5.56 Å². The molecule has 0 spiro atoms. The first-order valence-electron chi connectivity index (χ1n) is 11.5. The van der Waals surface area contributed by atoms with E-state index < -0.39 is 0 Å². The molecule has 6 rings (SSSR count). The van der Waals surface area contributed by atoms with Crippen LogP contribution in [0.2, 0.25) is 0 Å². The largest absolute Gasteiger partial charge is 0.192 e. The standard InChI is InChI=1S/C29H27N/c30-20-21-14-16-23(17-15-21)29-19-7-13-27(29)26-12-6-18-28(26,22-8-2-1-3-9-22)24-10-4-5-11-25(24)29/h1-5,8-11,14-17,26-27H,6-7,12-13,18-19H2/t26-,27-,28-,29-/m1/s1. The summed E-state index contributed by atoms with van der Waals surface area (Å²) in [5.41, 5.74) is 7.07. The van der Waals surface area contributed by atoms with Gasteiger partial charge in [0.1, 0.15) is 0 Å². The van der Waals surface area contributed by atoms with Crippen molar-refractivity contribution in [3.8, 4) is 6.07 Å². The average Bonchev–Trinajstić information content (AvgIpc) is 3.46. The predicted octanol–water partition coefficient (Wildman–Crippen LogP) is 6.74. The van der Waals surface area contributed by atoms with Gasteiger partial charge in [0.05, 0.1) is 11.6 Å². The minimum absolute atomic E-state index is 0.0951. The Morgan fingerprint density at radius 1 is 0.633 bits per heavy atom. The van der Waals surface area contributed by atoms with Gasteiger partial charge in [0, 0.05) is 10.8 Å². The van der Waals surface area contributed by atoms with E-state index in [4.69, 9.17) is 0 Å². The van der Waals surface area contributed by atoms with E-state index in [1.807, 2.05) is 12.1 Å². The molecule has 3 aliphatic rings. The molecule has 0 aliphatic heterocycles. The van der Waals surface area contributed by atoms with Gasteiger partial charge in [-0.25, -0.2) is 0 Å². The lowest BCUT2D eigenvalue weighted by Crippen LogP contribution is -2.50. The summed E-state index contributed by atoms with van der Waals surface area (Å²) in [6.45, 7) is 0. The molecular weight excluding hydrogens is 362 g/mol. The molecule has 30 heavy (non-hydrogen) atoms. The topological polar surface area (TPSA) is 23.8 Å². The number of hydrogen-bond donors (Lipinski definition) is 0. The molecule has 0 aromatic heterocycles. The molecule has 3 aromatic rings. The third-order valence-electron chi connectivity index (χ3n) is 8.63. The zero-order valence-electron chi connectivity index (χ0n) is 17.4. The summed E-state index contributed by atoms with van der Waals surface area (Å²) in [4.78, 5) is 0. The van der Waals surface area contributed by atoms with Crippen LogP contribution < -0.4 is 0 Å². The molecule has 0 amide bonds. The molecule has 0 saturated heterocycles. The zero-order chi connectivity index (χ0) is 20.2. The van der Waals surface area contributed by atoms with Crippen LogP contribution in [0.4, 0.5) is 0 Å². The highest BCUT2D eigenvalue weighted by molar-refractivity contribution is 5.57. The summed E-state index contributed by atoms with van der Waals surface area (Å²) in [6.07, 6.45) is 7.73. The maximum absolute atomic E-state index is 9.32. The molecule has 4 atom stereocenters. The monoisotopic (exact) mass is 389 g/mol. The molecule has 2 fully saturated rings. The van der Waals surface area contributed by atoms with Crippen molar-refractivity contribution in [2.24, 2.45) is 11.8 Å². The Bertz CT molecular complexity index is 1120. The Morgan fingerprint density at radius 2 is 1.13 bits per heavy atom. The van der Waals surface area contributed by atoms with E-state index in [9.17, 15) is 5.26 Å². The van der Waals surface area contributed by atoms with Gasteiger partial charge in [-0.05, 0) is 71.9 Å². The van der Waals surface area contributed by atoms with Crippen molar-refractivity contribution in [2.45, 2.75) is 49.4 Å². The summed E-state index contributed by atoms with van der Waals surface area (Å²) >= 11 is 0. The third-order valence-corrected chi connectivity index (χ3v) is 8.63. The van der Waals surface area contributed by atoms with E-state index in [1.165, 1.54) is 49.7 Å². The van der Waals surface area contributed by atoms with Crippen LogP contribution >= 0.6 is 0 Å². The fourth-order valence-corrected chi connectivity index (χ4v) is 7.69. The molecular formula is C29H27N. The molecule has 3 aromatic carbocycles. The lowest BCUT2D eigenvalue weighted by molar-refractivity contribution is 0.169. The van der Waals surface area contributed by atoms with E-state index in [-0.39, 0.29) is 10.8 Å². The van der Waals surface area contributed by atoms with Gasteiger partial charge in [-0.15, -0.1) is 0 Å². The molecule has 0 unspecified atom stereocenters. The molecule has 0 N–H and O–H groups in total. The first kappa shape index (κ1) is 18.0. The van der Waals surface area contributed by atoms with Crippen LogP contribution in [0.3, 0.4) is 0 Å². The van der Waals surface area contributed by atoms with Crippen molar-refractivity contribution in [3.05, 3.63) is 107 Å². The van der Waals surface area contributed by atoms with Crippen LogP contribution in [0, 0.1) is 23.2 Å². The minimum Gasteiger partial charge on any atom is -0.192 e. The summed E-state index contributed by atoms with van der Waals surface area (Å²) in [5, 5.41) is 9.32. The Morgan fingerprint density at radius 3 is 1.67 bits per heavy atom. The number of nitriles is 1. The number of fused-ring (bicyclic) bond motifs is 6.